The van der Waals surface area contributed by atoms with Gasteiger partial charge in [-0.25, -0.2) is 0 Å². The zero-order valence-corrected chi connectivity index (χ0v) is 13.2. The SMILES string of the molecule is CCC1CCC(C#N)(Cc2ccn(C3CCCCC3)n2)C1. The maximum absolute atomic E-state index is 9.66. The van der Waals surface area contributed by atoms with Crippen LogP contribution in [0.15, 0.2) is 12.3 Å². The van der Waals surface area contributed by atoms with Gasteiger partial charge in [0.2, 0.25) is 0 Å². The van der Waals surface area contributed by atoms with Gasteiger partial charge in [0.1, 0.15) is 0 Å². The Morgan fingerprint density at radius 1 is 1.33 bits per heavy atom. The second-order valence-corrected chi connectivity index (χ2v) is 7.16. The van der Waals surface area contributed by atoms with Crippen LogP contribution in [-0.2, 0) is 6.42 Å². The lowest BCUT2D eigenvalue weighted by Crippen LogP contribution is -2.19. The van der Waals surface area contributed by atoms with Crippen LogP contribution in [0.3, 0.4) is 0 Å². The molecule has 21 heavy (non-hydrogen) atoms. The lowest BCUT2D eigenvalue weighted by Gasteiger charge is -2.22. The summed E-state index contributed by atoms with van der Waals surface area (Å²) >= 11 is 0. The van der Waals surface area contributed by atoms with Gasteiger partial charge in [-0.3, -0.25) is 4.68 Å². The molecule has 1 aromatic heterocycles. The van der Waals surface area contributed by atoms with Gasteiger partial charge in [-0.05, 0) is 44.1 Å². The Balaban J connectivity index is 1.67. The molecule has 2 aliphatic carbocycles. The molecule has 0 spiro atoms. The lowest BCUT2D eigenvalue weighted by atomic mass is 9.82. The monoisotopic (exact) mass is 285 g/mol. The molecule has 2 aliphatic rings. The smallest absolute Gasteiger partial charge is 0.0693 e. The van der Waals surface area contributed by atoms with E-state index in [1.807, 2.05) is 0 Å². The Labute approximate surface area is 128 Å². The van der Waals surface area contributed by atoms with Gasteiger partial charge in [0.15, 0.2) is 0 Å². The highest BCUT2D eigenvalue weighted by Gasteiger charge is 2.39. The predicted octanol–water partition coefficient (Wildman–Crippen LogP) is 4.65. The Morgan fingerprint density at radius 3 is 2.81 bits per heavy atom. The summed E-state index contributed by atoms with van der Waals surface area (Å²) in [5.41, 5.74) is 0.978. The third-order valence-corrected chi connectivity index (χ3v) is 5.66. The molecular weight excluding hydrogens is 258 g/mol. The number of nitriles is 1. The zero-order chi connectivity index (χ0) is 14.7. The van der Waals surface area contributed by atoms with Crippen molar-refractivity contribution in [2.75, 3.05) is 0 Å². The van der Waals surface area contributed by atoms with E-state index in [0.717, 1.165) is 30.9 Å². The Morgan fingerprint density at radius 2 is 2.14 bits per heavy atom. The van der Waals surface area contributed by atoms with E-state index in [0.29, 0.717) is 6.04 Å². The van der Waals surface area contributed by atoms with Crippen molar-refractivity contribution >= 4 is 0 Å². The number of aromatic nitrogens is 2. The molecule has 2 unspecified atom stereocenters. The van der Waals surface area contributed by atoms with E-state index in [4.69, 9.17) is 5.10 Å². The summed E-state index contributed by atoms with van der Waals surface area (Å²) in [5, 5.41) is 14.5. The molecule has 0 aliphatic heterocycles. The molecule has 3 rings (SSSR count). The number of nitrogens with zero attached hydrogens (tertiary/aromatic N) is 3. The average Bonchev–Trinajstić information content (AvgIpc) is 3.16. The van der Waals surface area contributed by atoms with Crippen LogP contribution in [0.4, 0.5) is 0 Å². The summed E-state index contributed by atoms with van der Waals surface area (Å²) in [6.45, 7) is 2.25. The van der Waals surface area contributed by atoms with E-state index in [2.05, 4.69) is 29.9 Å². The van der Waals surface area contributed by atoms with E-state index in [1.54, 1.807) is 0 Å². The summed E-state index contributed by atoms with van der Waals surface area (Å²) in [5.74, 6) is 0.741. The van der Waals surface area contributed by atoms with Gasteiger partial charge in [-0.2, -0.15) is 10.4 Å². The van der Waals surface area contributed by atoms with Crippen molar-refractivity contribution in [3.8, 4) is 6.07 Å². The van der Waals surface area contributed by atoms with Crippen LogP contribution < -0.4 is 0 Å². The van der Waals surface area contributed by atoms with Gasteiger partial charge in [-0.15, -0.1) is 0 Å². The normalized spacial score (nSPS) is 30.4. The minimum atomic E-state index is -0.146. The second-order valence-electron chi connectivity index (χ2n) is 7.16. The maximum atomic E-state index is 9.66. The van der Waals surface area contributed by atoms with Crippen molar-refractivity contribution in [2.45, 2.75) is 77.2 Å². The Hall–Kier alpha value is -1.30. The molecule has 0 saturated heterocycles. The second kappa shape index (κ2) is 6.22. The van der Waals surface area contributed by atoms with E-state index >= 15 is 0 Å². The highest BCUT2D eigenvalue weighted by atomic mass is 15.3. The molecule has 1 heterocycles. The summed E-state index contributed by atoms with van der Waals surface area (Å²) in [4.78, 5) is 0. The van der Waals surface area contributed by atoms with Crippen molar-refractivity contribution in [3.05, 3.63) is 18.0 Å². The first-order valence-electron chi connectivity index (χ1n) is 8.70. The van der Waals surface area contributed by atoms with Gasteiger partial charge in [0, 0.05) is 12.6 Å². The summed E-state index contributed by atoms with van der Waals surface area (Å²) in [6.07, 6.45) is 14.1. The minimum absolute atomic E-state index is 0.146. The molecular formula is C18H27N3. The Kier molecular flexibility index (Phi) is 4.33. The zero-order valence-electron chi connectivity index (χ0n) is 13.2. The van der Waals surface area contributed by atoms with Gasteiger partial charge in [0.05, 0.1) is 23.2 Å². The summed E-state index contributed by atoms with van der Waals surface area (Å²) in [6, 6.07) is 5.37. The van der Waals surface area contributed by atoms with Crippen LogP contribution in [-0.4, -0.2) is 9.78 Å². The minimum Gasteiger partial charge on any atom is -0.269 e. The van der Waals surface area contributed by atoms with Crippen LogP contribution in [0.2, 0.25) is 0 Å². The third-order valence-electron chi connectivity index (χ3n) is 5.66. The van der Waals surface area contributed by atoms with Gasteiger partial charge in [0.25, 0.3) is 0 Å². The first-order valence-corrected chi connectivity index (χ1v) is 8.70. The highest BCUT2D eigenvalue weighted by Crippen LogP contribution is 2.44. The van der Waals surface area contributed by atoms with E-state index in [1.165, 1.54) is 44.9 Å². The van der Waals surface area contributed by atoms with E-state index in [-0.39, 0.29) is 5.41 Å². The topological polar surface area (TPSA) is 41.6 Å². The molecule has 1 aromatic rings. The molecule has 2 fully saturated rings. The van der Waals surface area contributed by atoms with E-state index < -0.39 is 0 Å². The molecule has 0 N–H and O–H groups in total. The molecule has 3 heteroatoms. The first-order chi connectivity index (χ1) is 10.2. The highest BCUT2D eigenvalue weighted by molar-refractivity contribution is 5.13. The predicted molar refractivity (Wildman–Crippen MR) is 83.7 cm³/mol. The fourth-order valence-electron chi connectivity index (χ4n) is 4.25. The van der Waals surface area contributed by atoms with Crippen LogP contribution in [0.25, 0.3) is 0 Å². The third kappa shape index (κ3) is 3.15. The summed E-state index contributed by atoms with van der Waals surface area (Å²) < 4.78 is 2.17. The molecule has 0 radical (unpaired) electrons. The molecule has 2 saturated carbocycles. The fourth-order valence-corrected chi connectivity index (χ4v) is 4.25. The number of hydrogen-bond donors (Lipinski definition) is 0. The van der Waals surface area contributed by atoms with Gasteiger partial charge < -0.3 is 0 Å². The summed E-state index contributed by atoms with van der Waals surface area (Å²) in [7, 11) is 0. The van der Waals surface area contributed by atoms with Gasteiger partial charge in [-0.1, -0.05) is 32.6 Å². The molecule has 3 nitrogen and oxygen atoms in total. The fraction of sp³-hybridized carbons (Fsp3) is 0.778. The number of hydrogen-bond acceptors (Lipinski definition) is 2. The van der Waals surface area contributed by atoms with E-state index in [9.17, 15) is 5.26 Å². The first kappa shape index (κ1) is 14.6. The van der Waals surface area contributed by atoms with Crippen LogP contribution in [0.1, 0.15) is 76.4 Å². The number of rotatable bonds is 4. The Bertz CT molecular complexity index is 507. The largest absolute Gasteiger partial charge is 0.269 e. The van der Waals surface area contributed by atoms with Crippen molar-refractivity contribution in [1.82, 2.24) is 9.78 Å². The van der Waals surface area contributed by atoms with Crippen molar-refractivity contribution in [2.24, 2.45) is 11.3 Å². The molecule has 2 atom stereocenters. The van der Waals surface area contributed by atoms with Gasteiger partial charge >= 0.3 is 0 Å². The van der Waals surface area contributed by atoms with Crippen LogP contribution in [0, 0.1) is 22.7 Å². The van der Waals surface area contributed by atoms with Crippen LogP contribution in [0.5, 0.6) is 0 Å². The molecule has 0 bridgehead atoms. The maximum Gasteiger partial charge on any atom is 0.0693 e. The van der Waals surface area contributed by atoms with Crippen molar-refractivity contribution < 1.29 is 0 Å². The van der Waals surface area contributed by atoms with Crippen molar-refractivity contribution in [1.29, 1.82) is 5.26 Å². The lowest BCUT2D eigenvalue weighted by molar-refractivity contribution is 0.323. The average molecular weight is 285 g/mol. The molecule has 114 valence electrons. The molecule has 0 aromatic carbocycles. The molecule has 0 amide bonds. The van der Waals surface area contributed by atoms with Crippen molar-refractivity contribution in [3.63, 3.8) is 0 Å². The quantitative estimate of drug-likeness (QED) is 0.808. The van der Waals surface area contributed by atoms with Crippen LogP contribution >= 0.6 is 0 Å². The standard InChI is InChI=1S/C18H27N3/c1-2-15-8-10-18(12-15,14-19)13-16-9-11-21(20-16)17-6-4-3-5-7-17/h9,11,15,17H,2-8,10,12-13H2,1H3.